The van der Waals surface area contributed by atoms with Crippen molar-refractivity contribution in [3.63, 3.8) is 0 Å². The maximum atomic E-state index is 12.7. The summed E-state index contributed by atoms with van der Waals surface area (Å²) in [7, 11) is -3.29. The third-order valence-corrected chi connectivity index (χ3v) is 6.28. The van der Waals surface area contributed by atoms with Crippen molar-refractivity contribution in [1.29, 1.82) is 0 Å². The standard InChI is InChI=1S/C12H25N3O2S/c1-10-9-15(12(3)8-13-10)18(16,17)14-7-5-4-6-11(14)2/h10-13H,4-9H2,1-3H3. The van der Waals surface area contributed by atoms with Crippen LogP contribution in [0.1, 0.15) is 40.0 Å². The summed E-state index contributed by atoms with van der Waals surface area (Å²) in [5.41, 5.74) is 0. The van der Waals surface area contributed by atoms with Crippen LogP contribution in [0, 0.1) is 0 Å². The molecule has 2 aliphatic rings. The molecule has 0 amide bonds. The van der Waals surface area contributed by atoms with Gasteiger partial charge >= 0.3 is 0 Å². The van der Waals surface area contributed by atoms with E-state index in [-0.39, 0.29) is 18.1 Å². The molecule has 3 atom stereocenters. The van der Waals surface area contributed by atoms with E-state index in [4.69, 9.17) is 0 Å². The second-order valence-electron chi connectivity index (χ2n) is 5.69. The number of piperazine rings is 1. The minimum absolute atomic E-state index is 0.0420. The second-order valence-corrected chi connectivity index (χ2v) is 7.53. The van der Waals surface area contributed by atoms with Crippen molar-refractivity contribution in [2.24, 2.45) is 0 Å². The molecule has 0 saturated carbocycles. The molecule has 0 bridgehead atoms. The van der Waals surface area contributed by atoms with Crippen LogP contribution in [0.5, 0.6) is 0 Å². The number of hydrogen-bond acceptors (Lipinski definition) is 3. The van der Waals surface area contributed by atoms with Gasteiger partial charge in [-0.2, -0.15) is 17.0 Å². The fourth-order valence-corrected chi connectivity index (χ4v) is 4.99. The van der Waals surface area contributed by atoms with Crippen molar-refractivity contribution in [2.45, 2.75) is 58.2 Å². The van der Waals surface area contributed by atoms with E-state index in [2.05, 4.69) is 5.32 Å². The monoisotopic (exact) mass is 275 g/mol. The molecule has 2 rings (SSSR count). The fraction of sp³-hybridized carbons (Fsp3) is 1.00. The lowest BCUT2D eigenvalue weighted by molar-refractivity contribution is 0.199. The molecule has 5 nitrogen and oxygen atoms in total. The minimum Gasteiger partial charge on any atom is -0.311 e. The van der Waals surface area contributed by atoms with Crippen LogP contribution in [0.3, 0.4) is 0 Å². The van der Waals surface area contributed by atoms with Crippen molar-refractivity contribution in [1.82, 2.24) is 13.9 Å². The molecule has 3 unspecified atom stereocenters. The van der Waals surface area contributed by atoms with Gasteiger partial charge in [-0.3, -0.25) is 0 Å². The van der Waals surface area contributed by atoms with Crippen molar-refractivity contribution in [2.75, 3.05) is 19.6 Å². The number of hydrogen-bond donors (Lipinski definition) is 1. The Bertz CT molecular complexity index is 385. The molecule has 0 aromatic heterocycles. The Morgan fingerprint density at radius 2 is 1.78 bits per heavy atom. The van der Waals surface area contributed by atoms with Gasteiger partial charge in [0.2, 0.25) is 0 Å². The Morgan fingerprint density at radius 3 is 2.44 bits per heavy atom. The molecule has 2 saturated heterocycles. The first kappa shape index (κ1) is 14.2. The highest BCUT2D eigenvalue weighted by Crippen LogP contribution is 2.24. The zero-order chi connectivity index (χ0) is 13.3. The number of rotatable bonds is 2. The lowest BCUT2D eigenvalue weighted by Crippen LogP contribution is -2.60. The van der Waals surface area contributed by atoms with Gasteiger partial charge < -0.3 is 5.32 Å². The molecule has 6 heteroatoms. The highest BCUT2D eigenvalue weighted by atomic mass is 32.2. The van der Waals surface area contributed by atoms with Crippen molar-refractivity contribution in [3.8, 4) is 0 Å². The Labute approximate surface area is 111 Å². The maximum absolute atomic E-state index is 12.7. The maximum Gasteiger partial charge on any atom is 0.282 e. The van der Waals surface area contributed by atoms with Crippen LogP contribution >= 0.6 is 0 Å². The normalized spacial score (nSPS) is 36.7. The van der Waals surface area contributed by atoms with Gasteiger partial charge in [-0.15, -0.1) is 0 Å². The Hall–Kier alpha value is -0.170. The first-order valence-corrected chi connectivity index (χ1v) is 8.34. The summed E-state index contributed by atoms with van der Waals surface area (Å²) in [4.78, 5) is 0. The van der Waals surface area contributed by atoms with E-state index in [1.807, 2.05) is 20.8 Å². The van der Waals surface area contributed by atoms with E-state index in [9.17, 15) is 8.42 Å². The summed E-state index contributed by atoms with van der Waals surface area (Å²) < 4.78 is 28.8. The SMILES string of the molecule is CC1CN(S(=O)(=O)N2CCCCC2C)C(C)CN1. The van der Waals surface area contributed by atoms with Crippen LogP contribution in [0.25, 0.3) is 0 Å². The Kier molecular flexibility index (Phi) is 4.31. The van der Waals surface area contributed by atoms with Crippen molar-refractivity contribution >= 4 is 10.2 Å². The van der Waals surface area contributed by atoms with E-state index in [0.29, 0.717) is 13.1 Å². The zero-order valence-corrected chi connectivity index (χ0v) is 12.4. The van der Waals surface area contributed by atoms with E-state index in [1.54, 1.807) is 8.61 Å². The highest BCUT2D eigenvalue weighted by molar-refractivity contribution is 7.86. The molecule has 0 radical (unpaired) electrons. The predicted molar refractivity (Wildman–Crippen MR) is 72.6 cm³/mol. The van der Waals surface area contributed by atoms with Crippen LogP contribution in [0.2, 0.25) is 0 Å². The first-order valence-electron chi connectivity index (χ1n) is 6.95. The van der Waals surface area contributed by atoms with Gasteiger partial charge in [-0.25, -0.2) is 0 Å². The Balaban J connectivity index is 2.18. The molecule has 2 fully saturated rings. The molecule has 106 valence electrons. The average Bonchev–Trinajstić information content (AvgIpc) is 2.32. The molecule has 0 aromatic carbocycles. The van der Waals surface area contributed by atoms with E-state index in [1.165, 1.54) is 0 Å². The quantitative estimate of drug-likeness (QED) is 0.810. The second kappa shape index (κ2) is 5.45. The summed E-state index contributed by atoms with van der Waals surface area (Å²) in [5, 5.41) is 3.32. The summed E-state index contributed by atoms with van der Waals surface area (Å²) >= 11 is 0. The molecule has 1 N–H and O–H groups in total. The number of nitrogens with one attached hydrogen (secondary N) is 1. The van der Waals surface area contributed by atoms with Gasteiger partial charge in [0.15, 0.2) is 0 Å². The third kappa shape index (κ3) is 2.71. The smallest absolute Gasteiger partial charge is 0.282 e. The fourth-order valence-electron chi connectivity index (χ4n) is 2.86. The summed E-state index contributed by atoms with van der Waals surface area (Å²) in [6.07, 6.45) is 3.11. The molecule has 2 aliphatic heterocycles. The molecule has 0 aliphatic carbocycles. The molecular weight excluding hydrogens is 250 g/mol. The van der Waals surface area contributed by atoms with E-state index in [0.717, 1.165) is 25.8 Å². The predicted octanol–water partition coefficient (Wildman–Crippen LogP) is 0.788. The van der Waals surface area contributed by atoms with Crippen LogP contribution in [-0.4, -0.2) is 54.8 Å². The van der Waals surface area contributed by atoms with Crippen molar-refractivity contribution < 1.29 is 8.42 Å². The van der Waals surface area contributed by atoms with Crippen LogP contribution in [0.15, 0.2) is 0 Å². The Morgan fingerprint density at radius 1 is 1.06 bits per heavy atom. The van der Waals surface area contributed by atoms with Gasteiger partial charge in [0.25, 0.3) is 10.2 Å². The molecule has 0 spiro atoms. The van der Waals surface area contributed by atoms with Crippen LogP contribution in [-0.2, 0) is 10.2 Å². The van der Waals surface area contributed by atoms with Gasteiger partial charge in [0.05, 0.1) is 0 Å². The highest BCUT2D eigenvalue weighted by Gasteiger charge is 2.39. The van der Waals surface area contributed by atoms with Gasteiger partial charge in [0, 0.05) is 37.8 Å². The largest absolute Gasteiger partial charge is 0.311 e. The van der Waals surface area contributed by atoms with Crippen molar-refractivity contribution in [3.05, 3.63) is 0 Å². The third-order valence-electron chi connectivity index (χ3n) is 4.04. The first-order chi connectivity index (χ1) is 8.43. The van der Waals surface area contributed by atoms with Crippen LogP contribution in [0.4, 0.5) is 0 Å². The minimum atomic E-state index is -3.29. The van der Waals surface area contributed by atoms with Gasteiger partial charge in [0.1, 0.15) is 0 Å². The van der Waals surface area contributed by atoms with E-state index >= 15 is 0 Å². The summed E-state index contributed by atoms with van der Waals surface area (Å²) in [6.45, 7) is 8.02. The van der Waals surface area contributed by atoms with Gasteiger partial charge in [-0.1, -0.05) is 6.42 Å². The molecular formula is C12H25N3O2S. The van der Waals surface area contributed by atoms with E-state index < -0.39 is 10.2 Å². The lowest BCUT2D eigenvalue weighted by Gasteiger charge is -2.42. The zero-order valence-electron chi connectivity index (χ0n) is 11.6. The van der Waals surface area contributed by atoms with Gasteiger partial charge in [-0.05, 0) is 33.6 Å². The topological polar surface area (TPSA) is 52.7 Å². The number of piperidine rings is 1. The molecule has 0 aromatic rings. The average molecular weight is 275 g/mol. The number of nitrogens with zero attached hydrogens (tertiary/aromatic N) is 2. The lowest BCUT2D eigenvalue weighted by atomic mass is 10.1. The summed E-state index contributed by atoms with van der Waals surface area (Å²) in [5.74, 6) is 0. The molecule has 18 heavy (non-hydrogen) atoms. The molecule has 2 heterocycles. The van der Waals surface area contributed by atoms with Crippen LogP contribution < -0.4 is 5.32 Å². The summed E-state index contributed by atoms with van der Waals surface area (Å²) in [6, 6.07) is 0.414.